The fourth-order valence-corrected chi connectivity index (χ4v) is 4.07. The van der Waals surface area contributed by atoms with Crippen LogP contribution in [0, 0.1) is 0 Å². The standard InChI is InChI=1S/C21H24N4O/c1-26-19-6-2-5-17(19)24-20-7-3-4-16(23-20)18-12-22-21-11-10-15(13-25(18)21)14-8-9-14/h3-4,7,10-14,17,19H,2,5-6,8-9H2,1H3,(H,23,24)/t17-,19-/m0/s1. The van der Waals surface area contributed by atoms with Crippen LogP contribution in [0.25, 0.3) is 17.0 Å². The summed E-state index contributed by atoms with van der Waals surface area (Å²) in [5.41, 5.74) is 4.36. The maximum absolute atomic E-state index is 5.59. The zero-order valence-corrected chi connectivity index (χ0v) is 15.1. The SMILES string of the molecule is CO[C@H]1CCC[C@@H]1Nc1cccc(-c2cnc3ccc(C4CC4)cn23)n1. The van der Waals surface area contributed by atoms with E-state index in [0.29, 0.717) is 6.04 Å². The van der Waals surface area contributed by atoms with Gasteiger partial charge in [-0.15, -0.1) is 0 Å². The van der Waals surface area contributed by atoms with E-state index < -0.39 is 0 Å². The van der Waals surface area contributed by atoms with E-state index >= 15 is 0 Å². The summed E-state index contributed by atoms with van der Waals surface area (Å²) in [6.45, 7) is 0. The van der Waals surface area contributed by atoms with Gasteiger partial charge in [-0.2, -0.15) is 0 Å². The Morgan fingerprint density at radius 2 is 2.04 bits per heavy atom. The fourth-order valence-electron chi connectivity index (χ4n) is 4.07. The molecule has 134 valence electrons. The molecule has 3 heterocycles. The first-order valence-electron chi connectivity index (χ1n) is 9.55. The topological polar surface area (TPSA) is 51.5 Å². The first kappa shape index (κ1) is 15.8. The number of methoxy groups -OCH3 is 1. The molecule has 5 heteroatoms. The number of ether oxygens (including phenoxy) is 1. The first-order valence-corrected chi connectivity index (χ1v) is 9.55. The number of pyridine rings is 2. The molecule has 2 fully saturated rings. The number of hydrogen-bond donors (Lipinski definition) is 1. The minimum Gasteiger partial charge on any atom is -0.379 e. The highest BCUT2D eigenvalue weighted by Gasteiger charge is 2.27. The van der Waals surface area contributed by atoms with E-state index in [0.717, 1.165) is 41.6 Å². The van der Waals surface area contributed by atoms with Crippen molar-refractivity contribution in [2.45, 2.75) is 50.2 Å². The van der Waals surface area contributed by atoms with Crippen molar-refractivity contribution in [2.24, 2.45) is 0 Å². The third-order valence-corrected chi connectivity index (χ3v) is 5.68. The highest BCUT2D eigenvalue weighted by Crippen LogP contribution is 2.40. The Bertz CT molecular complexity index is 931. The molecule has 5 nitrogen and oxygen atoms in total. The summed E-state index contributed by atoms with van der Waals surface area (Å²) in [6.07, 6.45) is 10.5. The predicted molar refractivity (Wildman–Crippen MR) is 102 cm³/mol. The zero-order valence-electron chi connectivity index (χ0n) is 15.1. The van der Waals surface area contributed by atoms with Gasteiger partial charge in [0.05, 0.1) is 29.7 Å². The Labute approximate surface area is 153 Å². The highest BCUT2D eigenvalue weighted by molar-refractivity contribution is 5.62. The molecule has 0 spiro atoms. The van der Waals surface area contributed by atoms with Crippen molar-refractivity contribution in [3.05, 3.63) is 48.3 Å². The Balaban J connectivity index is 1.46. The predicted octanol–water partition coefficient (Wildman–Crippen LogP) is 4.25. The van der Waals surface area contributed by atoms with Gasteiger partial charge >= 0.3 is 0 Å². The summed E-state index contributed by atoms with van der Waals surface area (Å²) in [4.78, 5) is 9.42. The van der Waals surface area contributed by atoms with Gasteiger partial charge in [0.1, 0.15) is 11.5 Å². The molecule has 0 bridgehead atoms. The fraction of sp³-hybridized carbons (Fsp3) is 0.429. The van der Waals surface area contributed by atoms with Crippen LogP contribution in [0.2, 0.25) is 0 Å². The number of nitrogens with zero attached hydrogens (tertiary/aromatic N) is 3. The van der Waals surface area contributed by atoms with Gasteiger partial charge < -0.3 is 10.1 Å². The normalized spacial score (nSPS) is 22.8. The van der Waals surface area contributed by atoms with Crippen LogP contribution in [-0.4, -0.2) is 33.6 Å². The quantitative estimate of drug-likeness (QED) is 0.749. The molecule has 2 atom stereocenters. The molecule has 0 aliphatic heterocycles. The highest BCUT2D eigenvalue weighted by atomic mass is 16.5. The number of anilines is 1. The summed E-state index contributed by atoms with van der Waals surface area (Å²) in [6, 6.07) is 10.8. The van der Waals surface area contributed by atoms with E-state index in [-0.39, 0.29) is 6.10 Å². The van der Waals surface area contributed by atoms with E-state index in [4.69, 9.17) is 9.72 Å². The van der Waals surface area contributed by atoms with Crippen LogP contribution in [0.5, 0.6) is 0 Å². The number of rotatable bonds is 5. The zero-order chi connectivity index (χ0) is 17.5. The van der Waals surface area contributed by atoms with Gasteiger partial charge in [-0.1, -0.05) is 12.1 Å². The second-order valence-electron chi connectivity index (χ2n) is 7.47. The van der Waals surface area contributed by atoms with Gasteiger partial charge in [-0.05, 0) is 61.8 Å². The Hall–Kier alpha value is -2.40. The summed E-state index contributed by atoms with van der Waals surface area (Å²) in [7, 11) is 1.80. The summed E-state index contributed by atoms with van der Waals surface area (Å²) < 4.78 is 7.77. The summed E-state index contributed by atoms with van der Waals surface area (Å²) in [5.74, 6) is 1.63. The molecule has 1 N–H and O–H groups in total. The minimum atomic E-state index is 0.275. The number of aromatic nitrogens is 3. The van der Waals surface area contributed by atoms with Gasteiger partial charge in [-0.25, -0.2) is 9.97 Å². The number of hydrogen-bond acceptors (Lipinski definition) is 4. The van der Waals surface area contributed by atoms with Crippen LogP contribution in [0.4, 0.5) is 5.82 Å². The molecule has 5 rings (SSSR count). The van der Waals surface area contributed by atoms with Crippen molar-refractivity contribution in [3.63, 3.8) is 0 Å². The molecule has 0 aromatic carbocycles. The Morgan fingerprint density at radius 1 is 1.12 bits per heavy atom. The van der Waals surface area contributed by atoms with Crippen molar-refractivity contribution in [3.8, 4) is 11.4 Å². The molecule has 0 radical (unpaired) electrons. The first-order chi connectivity index (χ1) is 12.8. The molecule has 26 heavy (non-hydrogen) atoms. The van der Waals surface area contributed by atoms with Crippen LogP contribution in [0.1, 0.15) is 43.6 Å². The molecule has 2 aliphatic rings. The van der Waals surface area contributed by atoms with Gasteiger partial charge in [0.25, 0.3) is 0 Å². The smallest absolute Gasteiger partial charge is 0.137 e. The van der Waals surface area contributed by atoms with Crippen molar-refractivity contribution in [1.29, 1.82) is 0 Å². The van der Waals surface area contributed by atoms with Crippen LogP contribution in [0.15, 0.2) is 42.7 Å². The summed E-state index contributed by atoms with van der Waals surface area (Å²) >= 11 is 0. The third kappa shape index (κ3) is 2.86. The second-order valence-corrected chi connectivity index (χ2v) is 7.47. The number of nitrogens with one attached hydrogen (secondary N) is 1. The average molecular weight is 348 g/mol. The molecule has 0 amide bonds. The van der Waals surface area contributed by atoms with Gasteiger partial charge in [0.15, 0.2) is 0 Å². The molecule has 2 aliphatic carbocycles. The molecular formula is C21H24N4O. The molecular weight excluding hydrogens is 324 g/mol. The largest absolute Gasteiger partial charge is 0.379 e. The van der Waals surface area contributed by atoms with E-state index in [1.807, 2.05) is 12.3 Å². The molecule has 3 aromatic rings. The Morgan fingerprint density at radius 3 is 2.88 bits per heavy atom. The van der Waals surface area contributed by atoms with Crippen molar-refractivity contribution in [2.75, 3.05) is 12.4 Å². The van der Waals surface area contributed by atoms with Crippen molar-refractivity contribution in [1.82, 2.24) is 14.4 Å². The average Bonchev–Trinajstić information content (AvgIpc) is 3.29. The van der Waals surface area contributed by atoms with Crippen molar-refractivity contribution >= 4 is 11.5 Å². The number of fused-ring (bicyclic) bond motifs is 1. The van der Waals surface area contributed by atoms with E-state index in [1.54, 1.807) is 7.11 Å². The maximum Gasteiger partial charge on any atom is 0.137 e. The van der Waals surface area contributed by atoms with Gasteiger partial charge in [-0.3, -0.25) is 4.40 Å². The Kier molecular flexibility index (Phi) is 3.89. The third-order valence-electron chi connectivity index (χ3n) is 5.68. The van der Waals surface area contributed by atoms with Crippen LogP contribution >= 0.6 is 0 Å². The van der Waals surface area contributed by atoms with Gasteiger partial charge in [0.2, 0.25) is 0 Å². The summed E-state index contributed by atoms with van der Waals surface area (Å²) in [5, 5.41) is 3.57. The number of imidazole rings is 1. The molecule has 0 saturated heterocycles. The van der Waals surface area contributed by atoms with E-state index in [9.17, 15) is 0 Å². The van der Waals surface area contributed by atoms with E-state index in [2.05, 4.69) is 45.2 Å². The second kappa shape index (κ2) is 6.40. The lowest BCUT2D eigenvalue weighted by atomic mass is 10.2. The van der Waals surface area contributed by atoms with Crippen LogP contribution < -0.4 is 5.32 Å². The van der Waals surface area contributed by atoms with Crippen molar-refractivity contribution < 1.29 is 4.74 Å². The monoisotopic (exact) mass is 348 g/mol. The lowest BCUT2D eigenvalue weighted by Crippen LogP contribution is -2.30. The lowest BCUT2D eigenvalue weighted by Gasteiger charge is -2.20. The van der Waals surface area contributed by atoms with Crippen LogP contribution in [-0.2, 0) is 4.74 Å². The van der Waals surface area contributed by atoms with E-state index in [1.165, 1.54) is 24.8 Å². The molecule has 0 unspecified atom stereocenters. The van der Waals surface area contributed by atoms with Crippen LogP contribution in [0.3, 0.4) is 0 Å². The molecule has 2 saturated carbocycles. The lowest BCUT2D eigenvalue weighted by molar-refractivity contribution is 0.101. The minimum absolute atomic E-state index is 0.275. The maximum atomic E-state index is 5.59. The molecule has 3 aromatic heterocycles. The van der Waals surface area contributed by atoms with Gasteiger partial charge in [0, 0.05) is 13.3 Å².